The molecule has 2 aliphatic heterocycles. The maximum atomic E-state index is 13.7. The zero-order valence-corrected chi connectivity index (χ0v) is 34.3. The summed E-state index contributed by atoms with van der Waals surface area (Å²) in [6.45, 7) is -24.4. The van der Waals surface area contributed by atoms with Crippen LogP contribution < -0.4 is 20.1 Å². The zero-order chi connectivity index (χ0) is 66.1. The van der Waals surface area contributed by atoms with Gasteiger partial charge in [-0.25, -0.2) is 18.4 Å². The number of piperidine rings is 2. The van der Waals surface area contributed by atoms with E-state index in [4.69, 9.17) is 43.7 Å². The summed E-state index contributed by atoms with van der Waals surface area (Å²) in [4.78, 5) is 31.3. The van der Waals surface area contributed by atoms with Crippen molar-refractivity contribution in [1.29, 1.82) is 0 Å². The molecule has 0 atom stereocenters. The predicted molar refractivity (Wildman–Crippen MR) is 243 cm³/mol. The van der Waals surface area contributed by atoms with Gasteiger partial charge in [-0.15, -0.1) is 0 Å². The summed E-state index contributed by atoms with van der Waals surface area (Å²) in [6, 6.07) is 14.2. The molecule has 0 saturated carbocycles. The van der Waals surface area contributed by atoms with E-state index in [-0.39, 0.29) is 79.9 Å². The monoisotopic (exact) mass is 880 g/mol. The molecule has 6 rings (SSSR count). The molecule has 2 saturated heterocycles. The number of likely N-dealkylation sites (tertiary alicyclic amines) is 2. The Labute approximate surface area is 403 Å². The van der Waals surface area contributed by atoms with E-state index in [9.17, 15) is 18.4 Å². The fourth-order valence-electron chi connectivity index (χ4n) is 6.07. The van der Waals surface area contributed by atoms with Crippen molar-refractivity contribution in [3.05, 3.63) is 131 Å². The molecule has 0 spiro atoms. The van der Waals surface area contributed by atoms with Gasteiger partial charge in [0.1, 0.15) is 23.1 Å². The molecule has 4 amide bonds. The van der Waals surface area contributed by atoms with Crippen molar-refractivity contribution in [2.24, 2.45) is 11.8 Å². The van der Waals surface area contributed by atoms with E-state index in [1.807, 2.05) is 0 Å². The number of carbonyl (C=O) groups excluding carboxylic acids is 2. The van der Waals surface area contributed by atoms with Crippen LogP contribution in [0, 0.1) is 23.4 Å². The van der Waals surface area contributed by atoms with Gasteiger partial charge in [-0.1, -0.05) is 76.1 Å². The topological polar surface area (TPSA) is 89.6 Å². The molecule has 0 radical (unpaired) electrons. The van der Waals surface area contributed by atoms with E-state index in [0.29, 0.717) is 0 Å². The number of carbonyl (C=O) groups is 2. The molecular formula is C50H68F2N6O4. The molecule has 10 nitrogen and oxygen atoms in total. The first-order chi connectivity index (χ1) is 39.5. The second-order valence-corrected chi connectivity index (χ2v) is 14.5. The molecular weight excluding hydrogens is 787 g/mol. The number of halogens is 2. The van der Waals surface area contributed by atoms with Gasteiger partial charge >= 0.3 is 12.1 Å². The second kappa shape index (κ2) is 24.4. The lowest BCUT2D eigenvalue weighted by Crippen LogP contribution is -2.49. The molecule has 0 aliphatic carbocycles. The van der Waals surface area contributed by atoms with Crippen LogP contribution in [-0.2, 0) is 26.0 Å². The maximum Gasteiger partial charge on any atom is 0.318 e. The molecule has 0 unspecified atom stereocenters. The normalized spacial score (nSPS) is 23.5. The first-order valence-corrected chi connectivity index (χ1v) is 19.8. The highest BCUT2D eigenvalue weighted by atomic mass is 19.1. The van der Waals surface area contributed by atoms with E-state index in [2.05, 4.69) is 10.6 Å². The van der Waals surface area contributed by atoms with Crippen LogP contribution in [-0.4, -0.2) is 97.0 Å². The third-order valence-electron chi connectivity index (χ3n) is 9.30. The number of rotatable bonds is 16. The molecule has 336 valence electrons. The summed E-state index contributed by atoms with van der Waals surface area (Å²) in [5.74, 6) is -5.69. The molecule has 62 heavy (non-hydrogen) atoms. The minimum Gasteiger partial charge on any atom is -0.493 e. The Morgan fingerprint density at radius 1 is 0.645 bits per heavy atom. The number of hydrogen-bond acceptors (Lipinski definition) is 6. The summed E-state index contributed by atoms with van der Waals surface area (Å²) in [5, 5.41) is 4.37. The Hall–Kier alpha value is -5.20. The number of nitrogens with zero attached hydrogens (tertiary/aromatic N) is 4. The van der Waals surface area contributed by atoms with Gasteiger partial charge in [0.05, 0.1) is 29.6 Å². The summed E-state index contributed by atoms with van der Waals surface area (Å²) in [5.41, 5.74) is -0.396. The highest BCUT2D eigenvalue weighted by Gasteiger charge is 2.28. The number of urea groups is 2. The molecule has 12 heteroatoms. The molecule has 0 aromatic heterocycles. The van der Waals surface area contributed by atoms with Crippen molar-refractivity contribution < 1.29 is 62.1 Å². The van der Waals surface area contributed by atoms with E-state index >= 15 is 0 Å². The van der Waals surface area contributed by atoms with Gasteiger partial charge in [0.25, 0.3) is 0 Å². The van der Waals surface area contributed by atoms with E-state index in [1.54, 1.807) is 13.8 Å². The first kappa shape index (κ1) is 24.0. The van der Waals surface area contributed by atoms with Crippen molar-refractivity contribution in [3.8, 4) is 11.5 Å². The minimum absolute atomic E-state index is 0.0119. The Balaban J connectivity index is 0.000000321. The Morgan fingerprint density at radius 3 is 1.37 bits per heavy atom. The number of ether oxygens (including phenoxy) is 2. The Morgan fingerprint density at radius 2 is 1.02 bits per heavy atom. The maximum absolute atomic E-state index is 13.7. The van der Waals surface area contributed by atoms with Gasteiger partial charge in [-0.05, 0) is 148 Å². The largest absolute Gasteiger partial charge is 0.493 e. The standard InChI is InChI=1S/2C25H34FN3O2/c2*1-19(2)18-31-24-10-6-20(7-11-24)16-27-25(30)29(23-12-14-28(3)15-13-23)17-21-4-8-22(26)9-5-21/h2*4-11,19,23H,12-18H2,1-3H3,(H,27,30)/i1D3,2D3,3D3,16D2,17D2,18D2,19D;3D3,16D2,17D2,18D2. The quantitative estimate of drug-likeness (QED) is 0.117. The van der Waals surface area contributed by atoms with Crippen LogP contribution in [0.3, 0.4) is 0 Å². The molecule has 2 fully saturated rings. The first-order valence-electron chi connectivity index (χ1n) is 32.3. The van der Waals surface area contributed by atoms with Gasteiger partial charge in [0, 0.05) is 55.9 Å². The van der Waals surface area contributed by atoms with Crippen molar-refractivity contribution in [1.82, 2.24) is 30.2 Å². The minimum atomic E-state index is -3.71. The lowest BCUT2D eigenvalue weighted by molar-refractivity contribution is 0.126. The SMILES string of the molecule is [2H]C([2H])(NC(=O)N(C1CCN(C([2H])([2H])[2H])CC1)C([2H])([2H])c1ccc(F)cc1)c1ccc(OC([2H])([2H])C(C)C)cc1.[2H]C([2H])(NC(=O)N(C1CCN(C([2H])([2H])[2H])CC1)C([2H])([2H])c1ccc(F)cc1)c1ccc(OC([2H])([2H])C([2H])(C([2H])([2H])[2H])C([2H])([2H])[2H])cc1. The van der Waals surface area contributed by atoms with Crippen LogP contribution in [0.2, 0.25) is 0 Å². The van der Waals surface area contributed by atoms with Gasteiger partial charge in [-0.2, -0.15) is 0 Å². The number of nitrogens with one attached hydrogen (secondary N) is 2. The smallest absolute Gasteiger partial charge is 0.318 e. The second-order valence-electron chi connectivity index (χ2n) is 14.5. The molecule has 2 heterocycles. The summed E-state index contributed by atoms with van der Waals surface area (Å²) >= 11 is 0. The van der Waals surface area contributed by atoms with Crippen LogP contribution in [0.5, 0.6) is 11.5 Å². The van der Waals surface area contributed by atoms with Gasteiger partial charge < -0.3 is 39.7 Å². The van der Waals surface area contributed by atoms with E-state index in [1.165, 1.54) is 46.2 Å². The average molecular weight is 880 g/mol. The Bertz CT molecular complexity index is 2920. The van der Waals surface area contributed by atoms with Crippen LogP contribution >= 0.6 is 0 Å². The third kappa shape index (κ3) is 16.2. The summed E-state index contributed by atoms with van der Waals surface area (Å²) in [7, 11) is 0. The zero-order valence-electron chi connectivity index (χ0n) is 59.3. The highest BCUT2D eigenvalue weighted by molar-refractivity contribution is 5.75. The predicted octanol–water partition coefficient (Wildman–Crippen LogP) is 9.33. The van der Waals surface area contributed by atoms with Gasteiger partial charge in [0.2, 0.25) is 0 Å². The molecule has 2 N–H and O–H groups in total. The Kier molecular flexibility index (Phi) is 9.47. The third-order valence-corrected chi connectivity index (χ3v) is 9.30. The highest BCUT2D eigenvalue weighted by Crippen LogP contribution is 2.22. The number of benzene rings is 4. The fourth-order valence-corrected chi connectivity index (χ4v) is 6.07. The van der Waals surface area contributed by atoms with E-state index in [0.717, 1.165) is 70.5 Å². The lowest BCUT2D eigenvalue weighted by atomic mass is 10.0. The van der Waals surface area contributed by atoms with Gasteiger partial charge in [-0.3, -0.25) is 0 Å². The molecule has 4 aromatic carbocycles. The average Bonchev–Trinajstić information content (AvgIpc) is 0.796. The summed E-state index contributed by atoms with van der Waals surface area (Å²) < 4.78 is 238. The van der Waals surface area contributed by atoms with Crippen LogP contribution in [0.15, 0.2) is 97.1 Å². The van der Waals surface area contributed by atoms with Crippen LogP contribution in [0.25, 0.3) is 0 Å². The van der Waals surface area contributed by atoms with Crippen molar-refractivity contribution in [2.75, 3.05) is 53.2 Å². The van der Waals surface area contributed by atoms with Crippen LogP contribution in [0.4, 0.5) is 18.4 Å². The van der Waals surface area contributed by atoms with Gasteiger partial charge in [0.15, 0.2) is 0 Å². The van der Waals surface area contributed by atoms with Crippen molar-refractivity contribution in [3.63, 3.8) is 0 Å². The molecule has 4 aromatic rings. The summed E-state index contributed by atoms with van der Waals surface area (Å²) in [6.07, 6.45) is 0.292. The van der Waals surface area contributed by atoms with Crippen molar-refractivity contribution >= 4 is 12.1 Å². The van der Waals surface area contributed by atoms with Crippen LogP contribution in [0.1, 0.15) is 110 Å². The fraction of sp³-hybridized carbons (Fsp3) is 0.480. The number of hydrogen-bond donors (Lipinski definition) is 2. The van der Waals surface area contributed by atoms with E-state index < -0.39 is 120 Å². The van der Waals surface area contributed by atoms with Crippen molar-refractivity contribution in [2.45, 2.75) is 91.3 Å². The number of amides is 4. The lowest BCUT2D eigenvalue weighted by Gasteiger charge is -2.37. The molecule has 0 bridgehead atoms. The molecule has 2 aliphatic rings.